The van der Waals surface area contributed by atoms with Crippen molar-refractivity contribution < 1.29 is 4.74 Å². The molecule has 1 aliphatic heterocycles. The molecule has 4 nitrogen and oxygen atoms in total. The van der Waals surface area contributed by atoms with Gasteiger partial charge in [0.2, 0.25) is 0 Å². The zero-order chi connectivity index (χ0) is 13.0. The molecule has 0 bridgehead atoms. The average Bonchev–Trinajstić information content (AvgIpc) is 2.40. The highest BCUT2D eigenvalue weighted by molar-refractivity contribution is 5.34. The van der Waals surface area contributed by atoms with Crippen LogP contribution in [0.1, 0.15) is 18.4 Å². The summed E-state index contributed by atoms with van der Waals surface area (Å²) in [6, 6.07) is 9.44. The van der Waals surface area contributed by atoms with Gasteiger partial charge in [-0.15, -0.1) is 0 Å². The lowest BCUT2D eigenvalue weighted by Crippen LogP contribution is -2.45. The van der Waals surface area contributed by atoms with Crippen LogP contribution < -0.4 is 4.74 Å². The third kappa shape index (κ3) is 3.22. The van der Waals surface area contributed by atoms with Crippen LogP contribution in [0.5, 0.6) is 5.75 Å². The first-order chi connectivity index (χ1) is 8.69. The van der Waals surface area contributed by atoms with Crippen LogP contribution in [0.3, 0.4) is 0 Å². The molecule has 0 saturated carbocycles. The van der Waals surface area contributed by atoms with E-state index in [4.69, 9.17) is 10.00 Å². The number of rotatable bonds is 3. The van der Waals surface area contributed by atoms with Gasteiger partial charge in [-0.25, -0.2) is 10.0 Å². The summed E-state index contributed by atoms with van der Waals surface area (Å²) in [7, 11) is 4.14. The Morgan fingerprint density at radius 1 is 1.22 bits per heavy atom. The number of hydrogen-bond donors (Lipinski definition) is 0. The Morgan fingerprint density at radius 3 is 2.33 bits per heavy atom. The minimum atomic E-state index is 0.286. The molecule has 0 radical (unpaired) electrons. The van der Waals surface area contributed by atoms with Crippen LogP contribution in [0.2, 0.25) is 0 Å². The summed E-state index contributed by atoms with van der Waals surface area (Å²) in [6.07, 6.45) is 2.37. The Kier molecular flexibility index (Phi) is 4.19. The van der Waals surface area contributed by atoms with Gasteiger partial charge in [0.25, 0.3) is 0 Å². The first-order valence-electron chi connectivity index (χ1n) is 6.28. The van der Waals surface area contributed by atoms with Crippen molar-refractivity contribution >= 4 is 0 Å². The minimum Gasteiger partial charge on any atom is -0.490 e. The van der Waals surface area contributed by atoms with Crippen molar-refractivity contribution in [3.05, 3.63) is 29.8 Å². The minimum absolute atomic E-state index is 0.286. The Hall–Kier alpha value is -1.57. The molecule has 1 aromatic carbocycles. The van der Waals surface area contributed by atoms with Gasteiger partial charge in [0.05, 0.1) is 11.6 Å². The number of ether oxygens (including phenoxy) is 1. The molecule has 1 fully saturated rings. The molecule has 0 aromatic heterocycles. The van der Waals surface area contributed by atoms with Gasteiger partial charge < -0.3 is 4.74 Å². The summed E-state index contributed by atoms with van der Waals surface area (Å²) in [6.45, 7) is 2.07. The van der Waals surface area contributed by atoms with Gasteiger partial charge >= 0.3 is 0 Å². The molecule has 4 heteroatoms. The standard InChI is InChI=1S/C14H19N3O/c1-16(2)17-9-7-14(8-10-17)18-13-5-3-12(11-15)4-6-13/h3-6,14H,7-10H2,1-2H3. The first kappa shape index (κ1) is 12.9. The second-order valence-corrected chi connectivity index (χ2v) is 4.75. The quantitative estimate of drug-likeness (QED) is 0.815. The highest BCUT2D eigenvalue weighted by Gasteiger charge is 2.21. The van der Waals surface area contributed by atoms with E-state index in [0.717, 1.165) is 31.7 Å². The van der Waals surface area contributed by atoms with Crippen LogP contribution in [0, 0.1) is 11.3 Å². The fourth-order valence-electron chi connectivity index (χ4n) is 2.16. The summed E-state index contributed by atoms with van der Waals surface area (Å²) in [4.78, 5) is 0. The Bertz CT molecular complexity index is 414. The maximum atomic E-state index is 8.73. The molecule has 2 rings (SSSR count). The number of piperidine rings is 1. The van der Waals surface area contributed by atoms with Gasteiger partial charge in [-0.1, -0.05) is 0 Å². The van der Waals surface area contributed by atoms with Crippen molar-refractivity contribution in [3.63, 3.8) is 0 Å². The number of hydrazine groups is 1. The topological polar surface area (TPSA) is 39.5 Å². The lowest BCUT2D eigenvalue weighted by Gasteiger charge is -2.35. The Morgan fingerprint density at radius 2 is 1.83 bits per heavy atom. The highest BCUT2D eigenvalue weighted by atomic mass is 16.5. The van der Waals surface area contributed by atoms with Crippen molar-refractivity contribution in [2.75, 3.05) is 27.2 Å². The van der Waals surface area contributed by atoms with Crippen molar-refractivity contribution in [1.29, 1.82) is 5.26 Å². The van der Waals surface area contributed by atoms with Gasteiger partial charge in [0.15, 0.2) is 0 Å². The van der Waals surface area contributed by atoms with Crippen LogP contribution in [0.4, 0.5) is 0 Å². The molecule has 1 saturated heterocycles. The van der Waals surface area contributed by atoms with Crippen molar-refractivity contribution in [1.82, 2.24) is 10.0 Å². The number of benzene rings is 1. The summed E-state index contributed by atoms with van der Waals surface area (Å²) in [5.74, 6) is 0.859. The van der Waals surface area contributed by atoms with Gasteiger partial charge in [-0.3, -0.25) is 0 Å². The van der Waals surface area contributed by atoms with Crippen molar-refractivity contribution in [2.24, 2.45) is 0 Å². The van der Waals surface area contributed by atoms with E-state index >= 15 is 0 Å². The van der Waals surface area contributed by atoms with E-state index < -0.39 is 0 Å². The van der Waals surface area contributed by atoms with Gasteiger partial charge in [-0.05, 0) is 37.1 Å². The predicted octanol–water partition coefficient (Wildman–Crippen LogP) is 1.88. The van der Waals surface area contributed by atoms with E-state index in [1.54, 1.807) is 12.1 Å². The fraction of sp³-hybridized carbons (Fsp3) is 0.500. The molecule has 1 aliphatic rings. The molecule has 0 amide bonds. The monoisotopic (exact) mass is 245 g/mol. The lowest BCUT2D eigenvalue weighted by molar-refractivity contribution is -0.0231. The third-order valence-corrected chi connectivity index (χ3v) is 3.27. The largest absolute Gasteiger partial charge is 0.490 e. The second kappa shape index (κ2) is 5.85. The molecule has 18 heavy (non-hydrogen) atoms. The van der Waals surface area contributed by atoms with Crippen LogP contribution >= 0.6 is 0 Å². The van der Waals surface area contributed by atoms with Crippen LogP contribution in [-0.4, -0.2) is 43.3 Å². The molecule has 0 unspecified atom stereocenters. The summed E-state index contributed by atoms with van der Waals surface area (Å²) in [5.41, 5.74) is 0.671. The van der Waals surface area contributed by atoms with E-state index in [9.17, 15) is 0 Å². The number of nitriles is 1. The lowest BCUT2D eigenvalue weighted by atomic mass is 10.1. The predicted molar refractivity (Wildman–Crippen MR) is 70.1 cm³/mol. The second-order valence-electron chi connectivity index (χ2n) is 4.75. The van der Waals surface area contributed by atoms with Gasteiger partial charge in [-0.2, -0.15) is 5.26 Å². The van der Waals surface area contributed by atoms with Crippen LogP contribution in [-0.2, 0) is 0 Å². The van der Waals surface area contributed by atoms with Gasteiger partial charge in [0.1, 0.15) is 11.9 Å². The summed E-state index contributed by atoms with van der Waals surface area (Å²) in [5, 5.41) is 13.2. The van der Waals surface area contributed by atoms with E-state index in [0.29, 0.717) is 5.56 Å². The molecule has 0 atom stereocenters. The average molecular weight is 245 g/mol. The molecular weight excluding hydrogens is 226 g/mol. The highest BCUT2D eigenvalue weighted by Crippen LogP contribution is 2.19. The molecule has 96 valence electrons. The Labute approximate surface area is 108 Å². The summed E-state index contributed by atoms with van der Waals surface area (Å²) >= 11 is 0. The zero-order valence-electron chi connectivity index (χ0n) is 11.0. The first-order valence-corrected chi connectivity index (χ1v) is 6.28. The van der Waals surface area contributed by atoms with Crippen molar-refractivity contribution in [3.8, 4) is 11.8 Å². The van der Waals surface area contributed by atoms with Crippen LogP contribution in [0.25, 0.3) is 0 Å². The zero-order valence-corrected chi connectivity index (χ0v) is 11.0. The van der Waals surface area contributed by atoms with Gasteiger partial charge in [0, 0.05) is 27.2 Å². The molecule has 0 N–H and O–H groups in total. The smallest absolute Gasteiger partial charge is 0.119 e. The van der Waals surface area contributed by atoms with Crippen LogP contribution in [0.15, 0.2) is 24.3 Å². The van der Waals surface area contributed by atoms with Crippen molar-refractivity contribution in [2.45, 2.75) is 18.9 Å². The molecule has 0 aliphatic carbocycles. The van der Waals surface area contributed by atoms with E-state index in [-0.39, 0.29) is 6.10 Å². The van der Waals surface area contributed by atoms with E-state index in [2.05, 4.69) is 30.2 Å². The van der Waals surface area contributed by atoms with E-state index in [1.807, 2.05) is 12.1 Å². The fourth-order valence-corrected chi connectivity index (χ4v) is 2.16. The Balaban J connectivity index is 1.86. The summed E-state index contributed by atoms with van der Waals surface area (Å²) < 4.78 is 5.93. The van der Waals surface area contributed by atoms with E-state index in [1.165, 1.54) is 0 Å². The molecule has 0 spiro atoms. The molecular formula is C14H19N3O. The maximum Gasteiger partial charge on any atom is 0.119 e. The number of hydrogen-bond acceptors (Lipinski definition) is 4. The molecule has 1 heterocycles. The molecule has 1 aromatic rings. The SMILES string of the molecule is CN(C)N1CCC(Oc2ccc(C#N)cc2)CC1. The number of nitrogens with zero attached hydrogens (tertiary/aromatic N) is 3. The maximum absolute atomic E-state index is 8.73. The normalized spacial score (nSPS) is 17.7. The third-order valence-electron chi connectivity index (χ3n) is 3.27.